The lowest BCUT2D eigenvalue weighted by atomic mass is 10.1. The lowest BCUT2D eigenvalue weighted by Gasteiger charge is -2.06. The van der Waals surface area contributed by atoms with Crippen LogP contribution < -0.4 is 0 Å². The number of ether oxygens (including phenoxy) is 1. The molecule has 0 N–H and O–H groups in total. The molecule has 1 aromatic rings. The molecule has 1 aromatic carbocycles. The molecule has 0 aliphatic rings. The summed E-state index contributed by atoms with van der Waals surface area (Å²) in [5, 5.41) is 8.93. The van der Waals surface area contributed by atoms with E-state index < -0.39 is 5.97 Å². The van der Waals surface area contributed by atoms with Gasteiger partial charge in [-0.3, -0.25) is 0 Å². The van der Waals surface area contributed by atoms with Crippen molar-refractivity contribution in [3.63, 3.8) is 0 Å². The third-order valence-corrected chi connectivity index (χ3v) is 3.08. The molecular weight excluding hydrogens is 281 g/mol. The van der Waals surface area contributed by atoms with E-state index in [0.717, 1.165) is 5.56 Å². The number of nitriles is 1. The Hall–Kier alpha value is -1.05. The van der Waals surface area contributed by atoms with Crippen LogP contribution in [0.5, 0.6) is 0 Å². The van der Waals surface area contributed by atoms with Gasteiger partial charge in [0.05, 0.1) is 18.2 Å². The van der Waals surface area contributed by atoms with Crippen LogP contribution in [0, 0.1) is 11.3 Å². The number of esters is 1. The molecule has 0 saturated heterocycles. The van der Waals surface area contributed by atoms with Gasteiger partial charge in [-0.25, -0.2) is 4.79 Å². The smallest absolute Gasteiger partial charge is 0.339 e. The summed E-state index contributed by atoms with van der Waals surface area (Å²) in [6.07, 6.45) is 0. The van der Waals surface area contributed by atoms with E-state index in [0.29, 0.717) is 4.47 Å². The summed E-state index contributed by atoms with van der Waals surface area (Å²) in [7, 11) is 1.27. The number of carbonyl (C=O) groups excluding carboxylic acids is 1. The molecule has 0 radical (unpaired) electrons. The average Bonchev–Trinajstić information content (AvgIpc) is 2.27. The maximum absolute atomic E-state index is 11.3. The van der Waals surface area contributed by atoms with Crippen LogP contribution in [0.25, 0.3) is 0 Å². The Kier molecular flexibility index (Phi) is 4.13. The molecule has 0 aromatic heterocycles. The number of hydrogen-bond acceptors (Lipinski definition) is 3. The summed E-state index contributed by atoms with van der Waals surface area (Å²) in [5.74, 6) is -0.259. The van der Waals surface area contributed by atoms with Crippen LogP contribution in [-0.4, -0.2) is 13.1 Å². The Morgan fingerprint density at radius 1 is 1.67 bits per heavy atom. The minimum Gasteiger partial charge on any atom is -0.465 e. The lowest BCUT2D eigenvalue weighted by molar-refractivity contribution is 0.0600. The van der Waals surface area contributed by atoms with Gasteiger partial charge in [-0.15, -0.1) is 11.6 Å². The van der Waals surface area contributed by atoms with Gasteiger partial charge in [-0.1, -0.05) is 6.07 Å². The fourth-order valence-electron chi connectivity index (χ4n) is 1.11. The van der Waals surface area contributed by atoms with Crippen LogP contribution in [0.1, 0.15) is 21.5 Å². The zero-order chi connectivity index (χ0) is 11.4. The van der Waals surface area contributed by atoms with Gasteiger partial charge in [0.25, 0.3) is 0 Å². The molecular formula is C10H7BrClNO2. The summed E-state index contributed by atoms with van der Waals surface area (Å²) in [4.78, 5) is 11.3. The predicted octanol–water partition coefficient (Wildman–Crippen LogP) is 2.85. The third-order valence-electron chi connectivity index (χ3n) is 1.88. The summed E-state index contributed by atoms with van der Waals surface area (Å²) < 4.78 is 5.11. The SMILES string of the molecule is COC(=O)c1ccc(CCl)c(Br)c1C#N. The van der Waals surface area contributed by atoms with Gasteiger partial charge < -0.3 is 4.74 Å². The number of nitrogens with zero attached hydrogens (tertiary/aromatic N) is 1. The molecule has 78 valence electrons. The van der Waals surface area contributed by atoms with Gasteiger partial charge in [0, 0.05) is 10.4 Å². The van der Waals surface area contributed by atoms with Crippen LogP contribution in [0.2, 0.25) is 0 Å². The summed E-state index contributed by atoms with van der Waals surface area (Å²) >= 11 is 8.91. The number of benzene rings is 1. The predicted molar refractivity (Wildman–Crippen MR) is 59.8 cm³/mol. The van der Waals surface area contributed by atoms with E-state index in [1.807, 2.05) is 6.07 Å². The van der Waals surface area contributed by atoms with Crippen molar-refractivity contribution in [3.8, 4) is 6.07 Å². The first-order valence-corrected chi connectivity index (χ1v) is 5.34. The molecule has 0 atom stereocenters. The van der Waals surface area contributed by atoms with Crippen molar-refractivity contribution in [2.24, 2.45) is 0 Å². The normalized spacial score (nSPS) is 9.47. The quantitative estimate of drug-likeness (QED) is 0.621. The second-order valence-electron chi connectivity index (χ2n) is 2.70. The molecule has 0 fully saturated rings. The van der Waals surface area contributed by atoms with Gasteiger partial charge in [-0.2, -0.15) is 5.26 Å². The van der Waals surface area contributed by atoms with E-state index in [1.165, 1.54) is 13.2 Å². The van der Waals surface area contributed by atoms with Crippen molar-refractivity contribution in [2.45, 2.75) is 5.88 Å². The van der Waals surface area contributed by atoms with Crippen LogP contribution in [0.4, 0.5) is 0 Å². The van der Waals surface area contributed by atoms with E-state index in [9.17, 15) is 4.79 Å². The molecule has 0 heterocycles. The first kappa shape index (κ1) is 12.0. The molecule has 5 heteroatoms. The van der Waals surface area contributed by atoms with Crippen molar-refractivity contribution in [1.29, 1.82) is 5.26 Å². The Morgan fingerprint density at radius 3 is 2.80 bits per heavy atom. The molecule has 1 rings (SSSR count). The lowest BCUT2D eigenvalue weighted by Crippen LogP contribution is -2.05. The van der Waals surface area contributed by atoms with Crippen molar-refractivity contribution in [2.75, 3.05) is 7.11 Å². The first-order valence-electron chi connectivity index (χ1n) is 4.01. The Bertz CT molecular complexity index is 440. The van der Waals surface area contributed by atoms with Crippen LogP contribution in [0.15, 0.2) is 16.6 Å². The molecule has 0 amide bonds. The highest BCUT2D eigenvalue weighted by atomic mass is 79.9. The van der Waals surface area contributed by atoms with Gasteiger partial charge in [0.15, 0.2) is 0 Å². The van der Waals surface area contributed by atoms with Gasteiger partial charge in [0.2, 0.25) is 0 Å². The zero-order valence-corrected chi connectivity index (χ0v) is 10.2. The van der Waals surface area contributed by atoms with Crippen LogP contribution >= 0.6 is 27.5 Å². The fourth-order valence-corrected chi connectivity index (χ4v) is 2.07. The average molecular weight is 289 g/mol. The van der Waals surface area contributed by atoms with E-state index in [2.05, 4.69) is 20.7 Å². The zero-order valence-electron chi connectivity index (χ0n) is 7.88. The van der Waals surface area contributed by atoms with Crippen molar-refractivity contribution in [1.82, 2.24) is 0 Å². The molecule has 3 nitrogen and oxygen atoms in total. The highest BCUT2D eigenvalue weighted by Crippen LogP contribution is 2.26. The van der Waals surface area contributed by atoms with E-state index in [1.54, 1.807) is 6.07 Å². The number of halogens is 2. The molecule has 0 spiro atoms. The van der Waals surface area contributed by atoms with Gasteiger partial charge in [0.1, 0.15) is 6.07 Å². The van der Waals surface area contributed by atoms with E-state index >= 15 is 0 Å². The van der Waals surface area contributed by atoms with Crippen LogP contribution in [-0.2, 0) is 10.6 Å². The molecule has 0 unspecified atom stereocenters. The Balaban J connectivity index is 3.39. The first-order chi connectivity index (χ1) is 7.15. The van der Waals surface area contributed by atoms with E-state index in [4.69, 9.17) is 16.9 Å². The molecule has 0 saturated carbocycles. The molecule has 15 heavy (non-hydrogen) atoms. The highest BCUT2D eigenvalue weighted by Gasteiger charge is 2.16. The van der Waals surface area contributed by atoms with Crippen LogP contribution in [0.3, 0.4) is 0 Å². The summed E-state index contributed by atoms with van der Waals surface area (Å²) in [5.41, 5.74) is 1.25. The number of hydrogen-bond donors (Lipinski definition) is 0. The van der Waals surface area contributed by atoms with Crippen molar-refractivity contribution < 1.29 is 9.53 Å². The second-order valence-corrected chi connectivity index (χ2v) is 3.76. The molecule has 0 bridgehead atoms. The number of alkyl halides is 1. The maximum Gasteiger partial charge on any atom is 0.339 e. The highest BCUT2D eigenvalue weighted by molar-refractivity contribution is 9.10. The van der Waals surface area contributed by atoms with E-state index in [-0.39, 0.29) is 17.0 Å². The van der Waals surface area contributed by atoms with Crippen molar-refractivity contribution >= 4 is 33.5 Å². The fraction of sp³-hybridized carbons (Fsp3) is 0.200. The summed E-state index contributed by atoms with van der Waals surface area (Å²) in [6.45, 7) is 0. The largest absolute Gasteiger partial charge is 0.465 e. The van der Waals surface area contributed by atoms with Gasteiger partial charge >= 0.3 is 5.97 Å². The van der Waals surface area contributed by atoms with Crippen molar-refractivity contribution in [3.05, 3.63) is 33.3 Å². The summed E-state index contributed by atoms with van der Waals surface area (Å²) in [6, 6.07) is 5.17. The standard InChI is InChI=1S/C10H7BrClNO2/c1-15-10(14)7-3-2-6(4-12)9(11)8(7)5-13/h2-3H,4H2,1H3. The second kappa shape index (κ2) is 5.15. The third kappa shape index (κ3) is 2.31. The number of carbonyl (C=O) groups is 1. The minimum absolute atomic E-state index is 0.237. The monoisotopic (exact) mass is 287 g/mol. The Morgan fingerprint density at radius 2 is 2.33 bits per heavy atom. The molecule has 0 aliphatic carbocycles. The number of rotatable bonds is 2. The molecule has 0 aliphatic heterocycles. The Labute approximate surface area is 101 Å². The topological polar surface area (TPSA) is 50.1 Å². The number of methoxy groups -OCH3 is 1. The maximum atomic E-state index is 11.3. The minimum atomic E-state index is -0.534. The van der Waals surface area contributed by atoms with Gasteiger partial charge in [-0.05, 0) is 27.6 Å².